The molecule has 1 fully saturated rings. The standard InChI is InChI=1S/C13H14N2O2S/c1-15(2)10-6-3-9(4-7-10)5-8-11-12(16)14-13(17)18-11/h3-4,6-8H,5H2,1-2H3,(H,14,16,17). The number of nitrogens with one attached hydrogen (secondary N) is 1. The molecule has 1 saturated heterocycles. The maximum absolute atomic E-state index is 11.3. The lowest BCUT2D eigenvalue weighted by Crippen LogP contribution is -2.17. The topological polar surface area (TPSA) is 49.4 Å². The fraction of sp³-hybridized carbons (Fsp3) is 0.231. The molecule has 0 radical (unpaired) electrons. The molecule has 1 aliphatic rings. The second-order valence-electron chi connectivity index (χ2n) is 4.18. The Kier molecular flexibility index (Phi) is 3.72. The molecule has 0 unspecified atom stereocenters. The van der Waals surface area contributed by atoms with E-state index < -0.39 is 0 Å². The second kappa shape index (κ2) is 5.27. The van der Waals surface area contributed by atoms with Crippen LogP contribution in [0.15, 0.2) is 35.2 Å². The van der Waals surface area contributed by atoms with E-state index in [1.165, 1.54) is 0 Å². The number of allylic oxidation sites excluding steroid dienone is 1. The molecular weight excluding hydrogens is 248 g/mol. The molecule has 0 aromatic heterocycles. The molecule has 2 rings (SSSR count). The Morgan fingerprint density at radius 1 is 1.22 bits per heavy atom. The van der Waals surface area contributed by atoms with E-state index in [4.69, 9.17) is 0 Å². The quantitative estimate of drug-likeness (QED) is 0.848. The van der Waals surface area contributed by atoms with Gasteiger partial charge in [-0.25, -0.2) is 0 Å². The third-order valence-corrected chi connectivity index (χ3v) is 3.48. The first-order valence-corrected chi connectivity index (χ1v) is 6.37. The Morgan fingerprint density at radius 2 is 1.89 bits per heavy atom. The van der Waals surface area contributed by atoms with E-state index in [-0.39, 0.29) is 11.1 Å². The Balaban J connectivity index is 2.04. The van der Waals surface area contributed by atoms with Crippen LogP contribution in [0.25, 0.3) is 0 Å². The van der Waals surface area contributed by atoms with Crippen LogP contribution in [0.3, 0.4) is 0 Å². The number of hydrogen-bond donors (Lipinski definition) is 1. The number of imide groups is 1. The van der Waals surface area contributed by atoms with E-state index in [9.17, 15) is 9.59 Å². The molecular formula is C13H14N2O2S. The zero-order valence-corrected chi connectivity index (χ0v) is 11.1. The summed E-state index contributed by atoms with van der Waals surface area (Å²) in [7, 11) is 3.98. The fourth-order valence-corrected chi connectivity index (χ4v) is 2.25. The van der Waals surface area contributed by atoms with Crippen LogP contribution < -0.4 is 10.2 Å². The van der Waals surface area contributed by atoms with Crippen molar-refractivity contribution in [3.8, 4) is 0 Å². The first-order valence-electron chi connectivity index (χ1n) is 5.56. The Labute approximate surface area is 110 Å². The van der Waals surface area contributed by atoms with Crippen LogP contribution in [-0.4, -0.2) is 25.2 Å². The molecule has 0 bridgehead atoms. The molecule has 0 atom stereocenters. The molecule has 1 N–H and O–H groups in total. The van der Waals surface area contributed by atoms with Crippen LogP contribution in [0.1, 0.15) is 5.56 Å². The van der Waals surface area contributed by atoms with E-state index in [0.717, 1.165) is 23.0 Å². The Bertz CT molecular complexity index is 506. The van der Waals surface area contributed by atoms with Crippen molar-refractivity contribution in [2.75, 3.05) is 19.0 Å². The molecule has 5 heteroatoms. The van der Waals surface area contributed by atoms with Crippen LogP contribution in [-0.2, 0) is 11.2 Å². The highest BCUT2D eigenvalue weighted by atomic mass is 32.2. The normalized spacial score (nSPS) is 17.1. The number of carbonyl (C=O) groups is 2. The van der Waals surface area contributed by atoms with Gasteiger partial charge in [-0.05, 0) is 35.9 Å². The number of nitrogens with zero attached hydrogens (tertiary/aromatic N) is 1. The van der Waals surface area contributed by atoms with Gasteiger partial charge in [0.05, 0.1) is 4.91 Å². The van der Waals surface area contributed by atoms with Crippen molar-refractivity contribution in [1.82, 2.24) is 5.32 Å². The van der Waals surface area contributed by atoms with Crippen LogP contribution >= 0.6 is 11.8 Å². The summed E-state index contributed by atoms with van der Waals surface area (Å²) in [5.74, 6) is -0.296. The summed E-state index contributed by atoms with van der Waals surface area (Å²) >= 11 is 0.954. The molecule has 94 valence electrons. The predicted octanol–water partition coefficient (Wildman–Crippen LogP) is 2.16. The van der Waals surface area contributed by atoms with E-state index in [2.05, 4.69) is 5.32 Å². The van der Waals surface area contributed by atoms with Crippen molar-refractivity contribution in [2.24, 2.45) is 0 Å². The zero-order valence-electron chi connectivity index (χ0n) is 10.3. The zero-order chi connectivity index (χ0) is 13.1. The first kappa shape index (κ1) is 12.7. The van der Waals surface area contributed by atoms with Crippen LogP contribution in [0, 0.1) is 0 Å². The van der Waals surface area contributed by atoms with E-state index in [1.807, 2.05) is 43.3 Å². The van der Waals surface area contributed by atoms with Crippen molar-refractivity contribution >= 4 is 28.6 Å². The van der Waals surface area contributed by atoms with E-state index in [1.54, 1.807) is 6.08 Å². The van der Waals surface area contributed by atoms with Gasteiger partial charge >= 0.3 is 0 Å². The van der Waals surface area contributed by atoms with Crippen molar-refractivity contribution in [3.63, 3.8) is 0 Å². The molecule has 0 aliphatic carbocycles. The van der Waals surface area contributed by atoms with Crippen molar-refractivity contribution in [3.05, 3.63) is 40.8 Å². The SMILES string of the molecule is CN(C)c1ccc(CC=C2SC(=O)NC2=O)cc1. The summed E-state index contributed by atoms with van der Waals surface area (Å²) in [6.07, 6.45) is 2.44. The van der Waals surface area contributed by atoms with Crippen LogP contribution in [0.5, 0.6) is 0 Å². The predicted molar refractivity (Wildman–Crippen MR) is 73.7 cm³/mol. The lowest BCUT2D eigenvalue weighted by Gasteiger charge is -2.12. The third kappa shape index (κ3) is 2.92. The molecule has 0 spiro atoms. The second-order valence-corrected chi connectivity index (χ2v) is 5.19. The average Bonchev–Trinajstić information content (AvgIpc) is 2.66. The number of amides is 2. The highest BCUT2D eigenvalue weighted by molar-refractivity contribution is 8.18. The molecule has 1 aromatic carbocycles. The van der Waals surface area contributed by atoms with Gasteiger partial charge in [0.1, 0.15) is 0 Å². The summed E-state index contributed by atoms with van der Waals surface area (Å²) in [6, 6.07) is 8.10. The summed E-state index contributed by atoms with van der Waals surface area (Å²) < 4.78 is 0. The molecule has 4 nitrogen and oxygen atoms in total. The van der Waals surface area contributed by atoms with Crippen LogP contribution in [0.2, 0.25) is 0 Å². The van der Waals surface area contributed by atoms with Crippen molar-refractivity contribution < 1.29 is 9.59 Å². The molecule has 0 saturated carbocycles. The smallest absolute Gasteiger partial charge is 0.290 e. The molecule has 2 amide bonds. The third-order valence-electron chi connectivity index (χ3n) is 2.62. The fourth-order valence-electron chi connectivity index (χ4n) is 1.60. The Hall–Kier alpha value is -1.75. The number of benzene rings is 1. The number of carbonyl (C=O) groups excluding carboxylic acids is 2. The summed E-state index contributed by atoms with van der Waals surface area (Å²) in [4.78, 5) is 24.8. The lowest BCUT2D eigenvalue weighted by molar-refractivity contribution is -0.115. The summed E-state index contributed by atoms with van der Waals surface area (Å²) in [5.41, 5.74) is 2.25. The monoisotopic (exact) mass is 262 g/mol. The van der Waals surface area contributed by atoms with Gasteiger partial charge < -0.3 is 4.90 Å². The molecule has 1 heterocycles. The van der Waals surface area contributed by atoms with Gasteiger partial charge in [-0.15, -0.1) is 0 Å². The summed E-state index contributed by atoms with van der Waals surface area (Å²) in [5, 5.41) is 1.94. The lowest BCUT2D eigenvalue weighted by atomic mass is 10.1. The van der Waals surface area contributed by atoms with Gasteiger partial charge in [-0.3, -0.25) is 14.9 Å². The number of anilines is 1. The van der Waals surface area contributed by atoms with Crippen molar-refractivity contribution in [1.29, 1.82) is 0 Å². The number of hydrogen-bond acceptors (Lipinski definition) is 4. The van der Waals surface area contributed by atoms with Gasteiger partial charge in [0.25, 0.3) is 11.1 Å². The van der Waals surface area contributed by atoms with Crippen LogP contribution in [0.4, 0.5) is 10.5 Å². The molecule has 1 aliphatic heterocycles. The van der Waals surface area contributed by atoms with E-state index >= 15 is 0 Å². The average molecular weight is 262 g/mol. The maximum Gasteiger partial charge on any atom is 0.290 e. The number of thioether (sulfide) groups is 1. The maximum atomic E-state index is 11.3. The van der Waals surface area contributed by atoms with E-state index in [0.29, 0.717) is 11.3 Å². The molecule has 18 heavy (non-hydrogen) atoms. The minimum Gasteiger partial charge on any atom is -0.378 e. The minimum absolute atomic E-state index is 0.296. The largest absolute Gasteiger partial charge is 0.378 e. The van der Waals surface area contributed by atoms with Gasteiger partial charge in [0, 0.05) is 19.8 Å². The van der Waals surface area contributed by atoms with Gasteiger partial charge in [0.2, 0.25) is 0 Å². The summed E-state index contributed by atoms with van der Waals surface area (Å²) in [6.45, 7) is 0. The van der Waals surface area contributed by atoms with Gasteiger partial charge in [-0.1, -0.05) is 18.2 Å². The highest BCUT2D eigenvalue weighted by Crippen LogP contribution is 2.23. The van der Waals surface area contributed by atoms with Gasteiger partial charge in [0.15, 0.2) is 0 Å². The highest BCUT2D eigenvalue weighted by Gasteiger charge is 2.24. The first-order chi connectivity index (χ1) is 8.56. The Morgan fingerprint density at radius 3 is 2.39 bits per heavy atom. The minimum atomic E-state index is -0.297. The van der Waals surface area contributed by atoms with Crippen molar-refractivity contribution in [2.45, 2.75) is 6.42 Å². The van der Waals surface area contributed by atoms with Gasteiger partial charge in [-0.2, -0.15) is 0 Å². The number of rotatable bonds is 3. The molecule has 1 aromatic rings.